The lowest BCUT2D eigenvalue weighted by molar-refractivity contribution is -0.00111. The van der Waals surface area contributed by atoms with Gasteiger partial charge in [-0.15, -0.1) is 0 Å². The summed E-state index contributed by atoms with van der Waals surface area (Å²) in [6, 6.07) is 17.9. The molecule has 0 fully saturated rings. The van der Waals surface area contributed by atoms with E-state index in [-0.39, 0.29) is 19.0 Å². The molecule has 47 heavy (non-hydrogen) atoms. The number of aliphatic hydroxyl groups is 1. The summed E-state index contributed by atoms with van der Waals surface area (Å²) in [5, 5.41) is 21.5. The summed E-state index contributed by atoms with van der Waals surface area (Å²) in [5.41, 5.74) is 9.95. The fourth-order valence-electron chi connectivity index (χ4n) is 5.58. The second kappa shape index (κ2) is 18.6. The Balaban J connectivity index is 1.88. The zero-order valence-corrected chi connectivity index (χ0v) is 30.1. The number of phenolic OH excluding ortho intramolecular Hbond substituents is 1. The van der Waals surface area contributed by atoms with Crippen LogP contribution < -0.4 is 4.74 Å². The van der Waals surface area contributed by atoms with Crippen LogP contribution in [0.5, 0.6) is 11.5 Å². The number of hydrogen-bond acceptors (Lipinski definition) is 5. The Morgan fingerprint density at radius 1 is 0.766 bits per heavy atom. The molecule has 3 aromatic rings. The number of aromatic hydroxyl groups is 1. The molecule has 3 rings (SSSR count). The number of aryl methyl sites for hydroxylation is 4. The van der Waals surface area contributed by atoms with Gasteiger partial charge in [-0.2, -0.15) is 0 Å². The lowest BCUT2D eigenvalue weighted by atomic mass is 9.99. The maximum atomic E-state index is 11.1. The molecule has 0 aromatic heterocycles. The van der Waals surface area contributed by atoms with Gasteiger partial charge in [-0.05, 0) is 89.1 Å². The highest BCUT2D eigenvalue weighted by atomic mass is 16.5. The molecule has 0 aliphatic heterocycles. The molecule has 6 heteroatoms. The van der Waals surface area contributed by atoms with Crippen LogP contribution in [0.1, 0.15) is 106 Å². The molecule has 2 unspecified atom stereocenters. The summed E-state index contributed by atoms with van der Waals surface area (Å²) >= 11 is 0. The van der Waals surface area contributed by atoms with Crippen LogP contribution in [0.3, 0.4) is 0 Å². The number of rotatable bonds is 16. The number of unbranched alkanes of at least 4 members (excludes halogenated alkanes) is 1. The minimum absolute atomic E-state index is 0.0473. The molecule has 6 nitrogen and oxygen atoms in total. The second-order valence-electron chi connectivity index (χ2n) is 12.8. The summed E-state index contributed by atoms with van der Waals surface area (Å²) in [6.07, 6.45) is 4.69. The maximum absolute atomic E-state index is 11.1. The van der Waals surface area contributed by atoms with Crippen molar-refractivity contribution in [2.45, 2.75) is 101 Å². The SMILES string of the molecule is CCCCC(CC)COCC(O)COc1ccc(C(C)=NC(=N/C(=C(\C)CC)c2ccc(C)cc2C)c2ccc(C)cc2C)c(O)c1. The first-order chi connectivity index (χ1) is 22.5. The molecule has 0 heterocycles. The fourth-order valence-corrected chi connectivity index (χ4v) is 5.58. The Kier molecular flexibility index (Phi) is 14.9. The summed E-state index contributed by atoms with van der Waals surface area (Å²) in [4.78, 5) is 10.3. The van der Waals surface area contributed by atoms with Crippen LogP contribution in [0.2, 0.25) is 0 Å². The molecular formula is C41H56N2O4. The van der Waals surface area contributed by atoms with E-state index in [2.05, 4.69) is 91.8 Å². The van der Waals surface area contributed by atoms with Crippen LogP contribution in [-0.4, -0.2) is 47.7 Å². The Morgan fingerprint density at radius 3 is 1.98 bits per heavy atom. The molecule has 2 atom stereocenters. The predicted molar refractivity (Wildman–Crippen MR) is 197 cm³/mol. The van der Waals surface area contributed by atoms with Gasteiger partial charge in [-0.1, -0.05) is 87.6 Å². The monoisotopic (exact) mass is 640 g/mol. The number of amidine groups is 1. The van der Waals surface area contributed by atoms with Crippen LogP contribution in [0.25, 0.3) is 5.70 Å². The number of nitrogens with zero attached hydrogens (tertiary/aromatic N) is 2. The van der Waals surface area contributed by atoms with Crippen LogP contribution >= 0.6 is 0 Å². The average molecular weight is 641 g/mol. The van der Waals surface area contributed by atoms with E-state index in [1.807, 2.05) is 6.92 Å². The number of aliphatic imine (C=N–C) groups is 2. The molecule has 0 aliphatic rings. The lowest BCUT2D eigenvalue weighted by Crippen LogP contribution is -2.25. The van der Waals surface area contributed by atoms with Gasteiger partial charge in [0, 0.05) is 29.4 Å². The lowest BCUT2D eigenvalue weighted by Gasteiger charge is -2.17. The summed E-state index contributed by atoms with van der Waals surface area (Å²) in [7, 11) is 0. The molecule has 0 saturated heterocycles. The zero-order valence-electron chi connectivity index (χ0n) is 30.1. The highest BCUT2D eigenvalue weighted by Crippen LogP contribution is 2.29. The Hall–Kier alpha value is -3.74. The predicted octanol–water partition coefficient (Wildman–Crippen LogP) is 9.70. The molecule has 0 radical (unpaired) electrons. The molecule has 0 aliphatic carbocycles. The van der Waals surface area contributed by atoms with Crippen molar-refractivity contribution in [1.82, 2.24) is 0 Å². The van der Waals surface area contributed by atoms with Gasteiger partial charge in [0.15, 0.2) is 5.84 Å². The third kappa shape index (κ3) is 11.2. The number of phenols is 1. The molecule has 2 N–H and O–H groups in total. The molecular weight excluding hydrogens is 584 g/mol. The van der Waals surface area contributed by atoms with E-state index in [0.29, 0.717) is 35.4 Å². The van der Waals surface area contributed by atoms with Crippen molar-refractivity contribution < 1.29 is 19.7 Å². The first-order valence-electron chi connectivity index (χ1n) is 17.2. The minimum Gasteiger partial charge on any atom is -0.507 e. The third-order valence-electron chi connectivity index (χ3n) is 8.69. The van der Waals surface area contributed by atoms with Gasteiger partial charge in [0.05, 0.1) is 18.0 Å². The second-order valence-corrected chi connectivity index (χ2v) is 12.8. The number of ether oxygens (including phenoxy) is 2. The van der Waals surface area contributed by atoms with Crippen LogP contribution in [-0.2, 0) is 4.74 Å². The highest BCUT2D eigenvalue weighted by molar-refractivity contribution is 6.14. The van der Waals surface area contributed by atoms with Gasteiger partial charge in [0.25, 0.3) is 0 Å². The molecule has 0 amide bonds. The Labute approximate surface area is 283 Å². The van der Waals surface area contributed by atoms with Crippen molar-refractivity contribution >= 4 is 17.2 Å². The third-order valence-corrected chi connectivity index (χ3v) is 8.69. The largest absolute Gasteiger partial charge is 0.507 e. The van der Waals surface area contributed by atoms with Gasteiger partial charge in [-0.25, -0.2) is 9.98 Å². The number of aliphatic hydroxyl groups excluding tert-OH is 1. The van der Waals surface area contributed by atoms with Crippen molar-refractivity contribution in [2.75, 3.05) is 19.8 Å². The number of benzene rings is 3. The van der Waals surface area contributed by atoms with E-state index < -0.39 is 6.10 Å². The minimum atomic E-state index is -0.758. The first-order valence-corrected chi connectivity index (χ1v) is 17.2. The Bertz CT molecular complexity index is 1570. The van der Waals surface area contributed by atoms with Crippen LogP contribution in [0, 0.1) is 33.6 Å². The van der Waals surface area contributed by atoms with E-state index >= 15 is 0 Å². The molecule has 0 bridgehead atoms. The maximum Gasteiger partial charge on any atom is 0.160 e. The van der Waals surface area contributed by atoms with E-state index in [1.165, 1.54) is 35.1 Å². The summed E-state index contributed by atoms with van der Waals surface area (Å²) in [6.45, 7) is 19.8. The Morgan fingerprint density at radius 2 is 1.40 bits per heavy atom. The van der Waals surface area contributed by atoms with Gasteiger partial charge in [-0.3, -0.25) is 0 Å². The smallest absolute Gasteiger partial charge is 0.160 e. The van der Waals surface area contributed by atoms with E-state index in [4.69, 9.17) is 19.5 Å². The number of hydrogen-bond donors (Lipinski definition) is 2. The van der Waals surface area contributed by atoms with Gasteiger partial charge in [0.1, 0.15) is 24.2 Å². The van der Waals surface area contributed by atoms with Gasteiger partial charge >= 0.3 is 0 Å². The normalized spacial score (nSPS) is 14.2. The summed E-state index contributed by atoms with van der Waals surface area (Å²) in [5.74, 6) is 1.62. The highest BCUT2D eigenvalue weighted by Gasteiger charge is 2.16. The van der Waals surface area contributed by atoms with Gasteiger partial charge < -0.3 is 19.7 Å². The standard InChI is InChI=1S/C41H56N2O4/c1-10-13-14-33(12-3)24-46-25-34(44)26-47-35-17-20-38(39(45)23-35)32(9)42-41(37-19-16-28(5)22-31(37)8)43-40(29(6)11-2)36-18-15-27(4)21-30(36)7/h15-23,33-34,44-45H,10-14,24-26H2,1-9H3/b40-29+,42-32?,43-41?. The topological polar surface area (TPSA) is 83.6 Å². The van der Waals surface area contributed by atoms with Gasteiger partial charge in [0.2, 0.25) is 0 Å². The molecule has 0 spiro atoms. The zero-order chi connectivity index (χ0) is 34.5. The molecule has 254 valence electrons. The quantitative estimate of drug-likeness (QED) is 0.121. The van der Waals surface area contributed by atoms with Crippen molar-refractivity contribution in [1.29, 1.82) is 0 Å². The van der Waals surface area contributed by atoms with Crippen molar-refractivity contribution in [3.8, 4) is 11.5 Å². The van der Waals surface area contributed by atoms with E-state index in [0.717, 1.165) is 41.6 Å². The van der Waals surface area contributed by atoms with Crippen LogP contribution in [0.15, 0.2) is 70.2 Å². The number of allylic oxidation sites excluding steroid dienone is 1. The van der Waals surface area contributed by atoms with E-state index in [1.54, 1.807) is 18.2 Å². The van der Waals surface area contributed by atoms with Crippen molar-refractivity contribution in [3.05, 3.63) is 99.1 Å². The average Bonchev–Trinajstić information content (AvgIpc) is 3.03. The van der Waals surface area contributed by atoms with Crippen LogP contribution in [0.4, 0.5) is 0 Å². The first kappa shape index (κ1) is 37.7. The molecule has 0 saturated carbocycles. The molecule has 3 aromatic carbocycles. The summed E-state index contributed by atoms with van der Waals surface area (Å²) < 4.78 is 11.6. The van der Waals surface area contributed by atoms with Crippen molar-refractivity contribution in [2.24, 2.45) is 15.9 Å². The van der Waals surface area contributed by atoms with E-state index in [9.17, 15) is 10.2 Å². The fraction of sp³-hybridized carbons (Fsp3) is 0.463. The van der Waals surface area contributed by atoms with Crippen molar-refractivity contribution in [3.63, 3.8) is 0 Å².